The van der Waals surface area contributed by atoms with Crippen LogP contribution in [0.15, 0.2) is 24.5 Å². The highest BCUT2D eigenvalue weighted by Crippen LogP contribution is 2.39. The third-order valence-corrected chi connectivity index (χ3v) is 5.51. The molecule has 3 heterocycles. The fourth-order valence-corrected chi connectivity index (χ4v) is 4.19. The van der Waals surface area contributed by atoms with Crippen LogP contribution in [-0.4, -0.2) is 59.1 Å². The normalized spacial score (nSPS) is 17.4. The molecule has 8 nitrogen and oxygen atoms in total. The summed E-state index contributed by atoms with van der Waals surface area (Å²) in [7, 11) is 6.84. The van der Waals surface area contributed by atoms with Crippen molar-refractivity contribution in [2.45, 2.75) is 25.3 Å². The van der Waals surface area contributed by atoms with E-state index in [2.05, 4.69) is 14.9 Å². The van der Waals surface area contributed by atoms with Gasteiger partial charge in [-0.05, 0) is 37.1 Å². The Morgan fingerprint density at radius 2 is 1.76 bits per heavy atom. The maximum Gasteiger partial charge on any atom is 0.203 e. The van der Waals surface area contributed by atoms with Crippen molar-refractivity contribution in [2.24, 2.45) is 7.05 Å². The molecule has 154 valence electrons. The van der Waals surface area contributed by atoms with Crippen LogP contribution in [0.5, 0.6) is 17.2 Å². The molecule has 1 aliphatic rings. The molecule has 3 aromatic rings. The molecule has 1 aliphatic heterocycles. The molecule has 0 bridgehead atoms. The summed E-state index contributed by atoms with van der Waals surface area (Å²) in [6, 6.07) is 4.04. The second-order valence-electron chi connectivity index (χ2n) is 7.35. The summed E-state index contributed by atoms with van der Waals surface area (Å²) < 4.78 is 18.3. The van der Waals surface area contributed by atoms with Crippen molar-refractivity contribution in [3.05, 3.63) is 35.8 Å². The number of ether oxygens (including phenoxy) is 3. The van der Waals surface area contributed by atoms with Crippen LogP contribution in [0.2, 0.25) is 0 Å². The molecule has 0 spiro atoms. The molecule has 0 radical (unpaired) electrons. The molecule has 8 heteroatoms. The minimum atomic E-state index is 0.339. The average Bonchev–Trinajstić information content (AvgIpc) is 3.10. The second kappa shape index (κ2) is 8.24. The van der Waals surface area contributed by atoms with Gasteiger partial charge in [0.15, 0.2) is 17.1 Å². The van der Waals surface area contributed by atoms with Gasteiger partial charge in [-0.15, -0.1) is 0 Å². The number of aryl methyl sites for hydroxylation is 1. The summed E-state index contributed by atoms with van der Waals surface area (Å²) in [4.78, 5) is 11.4. The summed E-state index contributed by atoms with van der Waals surface area (Å²) in [6.07, 6.45) is 5.68. The van der Waals surface area contributed by atoms with E-state index in [0.29, 0.717) is 23.2 Å². The minimum Gasteiger partial charge on any atom is -0.493 e. The van der Waals surface area contributed by atoms with Crippen LogP contribution in [0.3, 0.4) is 0 Å². The number of benzene rings is 1. The largest absolute Gasteiger partial charge is 0.493 e. The molecule has 1 aromatic carbocycles. The highest BCUT2D eigenvalue weighted by atomic mass is 16.5. The van der Waals surface area contributed by atoms with Gasteiger partial charge in [-0.2, -0.15) is 5.10 Å². The Morgan fingerprint density at radius 1 is 1.03 bits per heavy atom. The monoisotopic (exact) mass is 397 g/mol. The maximum atomic E-state index is 5.50. The number of likely N-dealkylation sites (tertiary alicyclic amines) is 1. The van der Waals surface area contributed by atoms with E-state index >= 15 is 0 Å². The molecule has 1 saturated heterocycles. The van der Waals surface area contributed by atoms with Crippen molar-refractivity contribution >= 4 is 11.2 Å². The Labute approximate surface area is 170 Å². The van der Waals surface area contributed by atoms with E-state index in [0.717, 1.165) is 54.9 Å². The zero-order valence-electron chi connectivity index (χ0n) is 17.4. The number of rotatable bonds is 6. The smallest absolute Gasteiger partial charge is 0.203 e. The van der Waals surface area contributed by atoms with Crippen molar-refractivity contribution in [3.63, 3.8) is 0 Å². The lowest BCUT2D eigenvalue weighted by atomic mass is 9.94. The Bertz CT molecular complexity index is 978. The number of methoxy groups -OCH3 is 3. The molecular formula is C21H27N5O3. The molecular weight excluding hydrogens is 370 g/mol. The SMILES string of the molecule is COc1cc(CN2CCCC(c3nn(C)c4nccnc34)C2)cc(OC)c1OC. The standard InChI is InChI=1S/C21H27N5O3/c1-25-21-19(22-7-8-23-21)18(24-25)15-6-5-9-26(13-15)12-14-10-16(27-2)20(29-4)17(11-14)28-3/h7-8,10-11,15H,5-6,9,12-13H2,1-4H3. The summed E-state index contributed by atoms with van der Waals surface area (Å²) in [6.45, 7) is 2.78. The van der Waals surface area contributed by atoms with Gasteiger partial charge in [-0.1, -0.05) is 0 Å². The molecule has 2 aromatic heterocycles. The van der Waals surface area contributed by atoms with Gasteiger partial charge in [0, 0.05) is 38.4 Å². The zero-order chi connectivity index (χ0) is 20.4. The Morgan fingerprint density at radius 3 is 2.45 bits per heavy atom. The predicted molar refractivity (Wildman–Crippen MR) is 110 cm³/mol. The lowest BCUT2D eigenvalue weighted by molar-refractivity contribution is 0.198. The first-order valence-electron chi connectivity index (χ1n) is 9.79. The van der Waals surface area contributed by atoms with E-state index in [1.54, 1.807) is 33.7 Å². The molecule has 1 atom stereocenters. The van der Waals surface area contributed by atoms with Crippen LogP contribution in [0.25, 0.3) is 11.2 Å². The Kier molecular flexibility index (Phi) is 5.53. The second-order valence-corrected chi connectivity index (χ2v) is 7.35. The molecule has 0 amide bonds. The molecule has 0 aliphatic carbocycles. The van der Waals surface area contributed by atoms with E-state index in [-0.39, 0.29) is 0 Å². The van der Waals surface area contributed by atoms with Crippen LogP contribution >= 0.6 is 0 Å². The average molecular weight is 397 g/mol. The topological polar surface area (TPSA) is 74.5 Å². The van der Waals surface area contributed by atoms with Crippen LogP contribution in [-0.2, 0) is 13.6 Å². The van der Waals surface area contributed by atoms with Crippen LogP contribution in [0.1, 0.15) is 30.0 Å². The summed E-state index contributed by atoms with van der Waals surface area (Å²) in [5.74, 6) is 2.32. The van der Waals surface area contributed by atoms with Gasteiger partial charge in [-0.3, -0.25) is 4.90 Å². The molecule has 0 saturated carbocycles. The Hall–Kier alpha value is -2.87. The first kappa shape index (κ1) is 19.4. The van der Waals surface area contributed by atoms with Gasteiger partial charge in [0.2, 0.25) is 5.75 Å². The van der Waals surface area contributed by atoms with Gasteiger partial charge >= 0.3 is 0 Å². The van der Waals surface area contributed by atoms with Crippen LogP contribution < -0.4 is 14.2 Å². The summed E-state index contributed by atoms with van der Waals surface area (Å²) in [5, 5.41) is 4.74. The van der Waals surface area contributed by atoms with Crippen molar-refractivity contribution in [1.82, 2.24) is 24.6 Å². The first-order chi connectivity index (χ1) is 14.1. The van der Waals surface area contributed by atoms with E-state index in [4.69, 9.17) is 19.3 Å². The highest BCUT2D eigenvalue weighted by molar-refractivity contribution is 5.73. The first-order valence-corrected chi connectivity index (χ1v) is 9.79. The predicted octanol–water partition coefficient (Wildman–Crippen LogP) is 2.77. The van der Waals surface area contributed by atoms with Crippen molar-refractivity contribution < 1.29 is 14.2 Å². The number of piperidine rings is 1. The fraction of sp³-hybridized carbons (Fsp3) is 0.476. The van der Waals surface area contributed by atoms with E-state index in [1.165, 1.54) is 0 Å². The number of aromatic nitrogens is 4. The van der Waals surface area contributed by atoms with Gasteiger partial charge in [-0.25, -0.2) is 14.6 Å². The molecule has 29 heavy (non-hydrogen) atoms. The quantitative estimate of drug-likeness (QED) is 0.633. The molecule has 0 N–H and O–H groups in total. The van der Waals surface area contributed by atoms with Crippen LogP contribution in [0.4, 0.5) is 0 Å². The van der Waals surface area contributed by atoms with Crippen LogP contribution in [0, 0.1) is 0 Å². The maximum absolute atomic E-state index is 5.50. The Balaban J connectivity index is 1.56. The number of hydrogen-bond acceptors (Lipinski definition) is 7. The molecule has 1 unspecified atom stereocenters. The summed E-state index contributed by atoms with van der Waals surface area (Å²) >= 11 is 0. The van der Waals surface area contributed by atoms with Crippen molar-refractivity contribution in [2.75, 3.05) is 34.4 Å². The van der Waals surface area contributed by atoms with Crippen molar-refractivity contribution in [3.8, 4) is 17.2 Å². The molecule has 4 rings (SSSR count). The van der Waals surface area contributed by atoms with Crippen molar-refractivity contribution in [1.29, 1.82) is 0 Å². The van der Waals surface area contributed by atoms with Gasteiger partial charge in [0.1, 0.15) is 5.52 Å². The highest BCUT2D eigenvalue weighted by Gasteiger charge is 2.27. The van der Waals surface area contributed by atoms with Gasteiger partial charge in [0.05, 0.1) is 27.0 Å². The minimum absolute atomic E-state index is 0.339. The number of hydrogen-bond donors (Lipinski definition) is 0. The fourth-order valence-electron chi connectivity index (χ4n) is 4.19. The van der Waals surface area contributed by atoms with E-state index in [9.17, 15) is 0 Å². The van der Waals surface area contributed by atoms with Gasteiger partial charge < -0.3 is 14.2 Å². The lowest BCUT2D eigenvalue weighted by Crippen LogP contribution is -2.34. The number of fused-ring (bicyclic) bond motifs is 1. The number of nitrogens with zero attached hydrogens (tertiary/aromatic N) is 5. The third kappa shape index (κ3) is 3.72. The van der Waals surface area contributed by atoms with E-state index < -0.39 is 0 Å². The zero-order valence-corrected chi connectivity index (χ0v) is 17.4. The lowest BCUT2D eigenvalue weighted by Gasteiger charge is -2.32. The molecule has 1 fully saturated rings. The third-order valence-electron chi connectivity index (χ3n) is 5.51. The van der Waals surface area contributed by atoms with Gasteiger partial charge in [0.25, 0.3) is 0 Å². The summed E-state index contributed by atoms with van der Waals surface area (Å²) in [5.41, 5.74) is 3.93. The van der Waals surface area contributed by atoms with E-state index in [1.807, 2.05) is 23.9 Å².